The lowest BCUT2D eigenvalue weighted by molar-refractivity contribution is 0.291. The van der Waals surface area contributed by atoms with Crippen molar-refractivity contribution in [2.24, 2.45) is 5.41 Å². The molecular formula is C16H28N4. The van der Waals surface area contributed by atoms with Crippen LogP contribution in [0.1, 0.15) is 51.8 Å². The minimum atomic E-state index is 0.368. The minimum Gasteiger partial charge on any atom is -0.340 e. The molecule has 2 rings (SSSR count). The van der Waals surface area contributed by atoms with E-state index in [9.17, 15) is 0 Å². The first kappa shape index (κ1) is 15.2. The van der Waals surface area contributed by atoms with Crippen molar-refractivity contribution in [1.82, 2.24) is 15.3 Å². The van der Waals surface area contributed by atoms with Crippen LogP contribution < -0.4 is 10.2 Å². The number of aryl methyl sites for hydroxylation is 1. The fourth-order valence-corrected chi connectivity index (χ4v) is 2.71. The Bertz CT molecular complexity index is 454. The molecule has 0 spiro atoms. The first-order valence-corrected chi connectivity index (χ1v) is 7.68. The number of rotatable bonds is 4. The van der Waals surface area contributed by atoms with E-state index in [4.69, 9.17) is 4.98 Å². The van der Waals surface area contributed by atoms with Crippen molar-refractivity contribution in [3.8, 4) is 0 Å². The maximum atomic E-state index is 4.72. The normalized spacial score (nSPS) is 18.6. The topological polar surface area (TPSA) is 41.1 Å². The molecule has 1 saturated heterocycles. The Labute approximate surface area is 123 Å². The van der Waals surface area contributed by atoms with Gasteiger partial charge in [-0.25, -0.2) is 9.97 Å². The lowest BCUT2D eigenvalue weighted by Crippen LogP contribution is -2.41. The first-order chi connectivity index (χ1) is 9.37. The van der Waals surface area contributed by atoms with Crippen LogP contribution in [-0.4, -0.2) is 29.1 Å². The highest BCUT2D eigenvalue weighted by Crippen LogP contribution is 2.30. The Morgan fingerprint density at radius 3 is 2.75 bits per heavy atom. The molecular weight excluding hydrogens is 248 g/mol. The summed E-state index contributed by atoms with van der Waals surface area (Å²) in [5.41, 5.74) is 2.65. The minimum absolute atomic E-state index is 0.368. The molecule has 1 aromatic heterocycles. The highest BCUT2D eigenvalue weighted by molar-refractivity contribution is 5.34. The molecule has 0 atom stereocenters. The second kappa shape index (κ2) is 6.08. The highest BCUT2D eigenvalue weighted by atomic mass is 15.3. The number of anilines is 1. The van der Waals surface area contributed by atoms with E-state index in [-0.39, 0.29) is 0 Å². The van der Waals surface area contributed by atoms with Crippen molar-refractivity contribution in [2.45, 2.75) is 60.0 Å². The average molecular weight is 276 g/mol. The van der Waals surface area contributed by atoms with Gasteiger partial charge in [-0.1, -0.05) is 27.7 Å². The van der Waals surface area contributed by atoms with E-state index in [1.807, 2.05) is 6.20 Å². The van der Waals surface area contributed by atoms with Crippen molar-refractivity contribution >= 4 is 5.95 Å². The van der Waals surface area contributed by atoms with E-state index in [2.05, 4.69) is 49.8 Å². The van der Waals surface area contributed by atoms with Crippen LogP contribution in [0, 0.1) is 12.3 Å². The summed E-state index contributed by atoms with van der Waals surface area (Å²) in [6.45, 7) is 14.0. The van der Waals surface area contributed by atoms with Crippen LogP contribution >= 0.6 is 0 Å². The maximum absolute atomic E-state index is 4.72. The molecule has 1 N–H and O–H groups in total. The van der Waals surface area contributed by atoms with Gasteiger partial charge >= 0.3 is 0 Å². The zero-order valence-corrected chi connectivity index (χ0v) is 13.5. The van der Waals surface area contributed by atoms with Gasteiger partial charge in [0.1, 0.15) is 0 Å². The van der Waals surface area contributed by atoms with Gasteiger partial charge < -0.3 is 10.2 Å². The van der Waals surface area contributed by atoms with Crippen molar-refractivity contribution in [2.75, 3.05) is 18.0 Å². The first-order valence-electron chi connectivity index (χ1n) is 7.68. The predicted molar refractivity (Wildman–Crippen MR) is 84.0 cm³/mol. The van der Waals surface area contributed by atoms with Crippen LogP contribution in [0.2, 0.25) is 0 Å². The van der Waals surface area contributed by atoms with Gasteiger partial charge in [0.15, 0.2) is 0 Å². The summed E-state index contributed by atoms with van der Waals surface area (Å²) in [4.78, 5) is 11.6. The third kappa shape index (κ3) is 3.92. The monoisotopic (exact) mass is 276 g/mol. The van der Waals surface area contributed by atoms with Crippen molar-refractivity contribution in [3.63, 3.8) is 0 Å². The summed E-state index contributed by atoms with van der Waals surface area (Å²) in [7, 11) is 0. The molecule has 1 aromatic rings. The second-order valence-electron chi connectivity index (χ2n) is 7.01. The molecule has 0 radical (unpaired) electrons. The van der Waals surface area contributed by atoms with Gasteiger partial charge in [0.05, 0.1) is 0 Å². The summed E-state index contributed by atoms with van der Waals surface area (Å²) in [5, 5.41) is 3.42. The van der Waals surface area contributed by atoms with E-state index in [1.165, 1.54) is 18.4 Å². The summed E-state index contributed by atoms with van der Waals surface area (Å²) < 4.78 is 0. The van der Waals surface area contributed by atoms with E-state index < -0.39 is 0 Å². The third-order valence-corrected chi connectivity index (χ3v) is 3.95. The number of aromatic nitrogens is 2. The standard InChI is InChI=1S/C16H28N4/c1-12(2)17-9-14-10-18-15(19-13(14)3)20-8-6-7-16(4,5)11-20/h10,12,17H,6-9,11H2,1-5H3. The average Bonchev–Trinajstić information content (AvgIpc) is 2.36. The Balaban J connectivity index is 2.08. The number of piperidine rings is 1. The highest BCUT2D eigenvalue weighted by Gasteiger charge is 2.27. The number of nitrogens with zero attached hydrogens (tertiary/aromatic N) is 3. The SMILES string of the molecule is Cc1nc(N2CCCC(C)(C)C2)ncc1CNC(C)C. The van der Waals surface area contributed by atoms with Crippen LogP contribution in [0.25, 0.3) is 0 Å². The maximum Gasteiger partial charge on any atom is 0.225 e. The molecule has 1 aliphatic rings. The molecule has 0 unspecified atom stereocenters. The Morgan fingerprint density at radius 1 is 1.40 bits per heavy atom. The summed E-state index contributed by atoms with van der Waals surface area (Å²) in [6.07, 6.45) is 4.50. The van der Waals surface area contributed by atoms with Gasteiger partial charge in [-0.3, -0.25) is 0 Å². The second-order valence-corrected chi connectivity index (χ2v) is 7.01. The lowest BCUT2D eigenvalue weighted by atomic mass is 9.84. The Morgan fingerprint density at radius 2 is 2.15 bits per heavy atom. The van der Waals surface area contributed by atoms with Crippen LogP contribution in [0.5, 0.6) is 0 Å². The van der Waals surface area contributed by atoms with Gasteiger partial charge in [-0.2, -0.15) is 0 Å². The van der Waals surface area contributed by atoms with Crippen LogP contribution in [0.15, 0.2) is 6.20 Å². The van der Waals surface area contributed by atoms with Crippen molar-refractivity contribution < 1.29 is 0 Å². The predicted octanol–water partition coefficient (Wildman–Crippen LogP) is 2.91. The smallest absolute Gasteiger partial charge is 0.225 e. The van der Waals surface area contributed by atoms with E-state index in [0.29, 0.717) is 11.5 Å². The molecule has 4 heteroatoms. The lowest BCUT2D eigenvalue weighted by Gasteiger charge is -2.38. The zero-order chi connectivity index (χ0) is 14.8. The van der Waals surface area contributed by atoms with Crippen LogP contribution in [-0.2, 0) is 6.54 Å². The number of nitrogens with one attached hydrogen (secondary N) is 1. The summed E-state index contributed by atoms with van der Waals surface area (Å²) in [5.74, 6) is 0.892. The van der Waals surface area contributed by atoms with E-state index >= 15 is 0 Å². The molecule has 0 bridgehead atoms. The fraction of sp³-hybridized carbons (Fsp3) is 0.750. The fourth-order valence-electron chi connectivity index (χ4n) is 2.71. The molecule has 0 aliphatic carbocycles. The summed E-state index contributed by atoms with van der Waals surface area (Å²) in [6, 6.07) is 0.483. The van der Waals surface area contributed by atoms with E-state index in [1.54, 1.807) is 0 Å². The number of hydrogen-bond donors (Lipinski definition) is 1. The van der Waals surface area contributed by atoms with Gasteiger partial charge in [-0.15, -0.1) is 0 Å². The quantitative estimate of drug-likeness (QED) is 0.918. The molecule has 112 valence electrons. The summed E-state index contributed by atoms with van der Waals surface area (Å²) >= 11 is 0. The van der Waals surface area contributed by atoms with Gasteiger partial charge in [0.2, 0.25) is 5.95 Å². The third-order valence-electron chi connectivity index (χ3n) is 3.95. The molecule has 0 aromatic carbocycles. The molecule has 1 fully saturated rings. The molecule has 0 amide bonds. The van der Waals surface area contributed by atoms with Gasteiger partial charge in [-0.05, 0) is 25.2 Å². The van der Waals surface area contributed by atoms with E-state index in [0.717, 1.165) is 31.3 Å². The Kier molecular flexibility index (Phi) is 4.63. The van der Waals surface area contributed by atoms with Gasteiger partial charge in [0.25, 0.3) is 0 Å². The molecule has 4 nitrogen and oxygen atoms in total. The van der Waals surface area contributed by atoms with Crippen molar-refractivity contribution in [1.29, 1.82) is 0 Å². The zero-order valence-electron chi connectivity index (χ0n) is 13.5. The van der Waals surface area contributed by atoms with Gasteiger partial charge in [0, 0.05) is 43.1 Å². The van der Waals surface area contributed by atoms with Crippen molar-refractivity contribution in [3.05, 3.63) is 17.5 Å². The van der Waals surface area contributed by atoms with Crippen LogP contribution in [0.4, 0.5) is 5.95 Å². The molecule has 0 saturated carbocycles. The molecule has 2 heterocycles. The molecule has 1 aliphatic heterocycles. The van der Waals surface area contributed by atoms with Crippen LogP contribution in [0.3, 0.4) is 0 Å². The molecule has 20 heavy (non-hydrogen) atoms. The Hall–Kier alpha value is -1.16. The number of hydrogen-bond acceptors (Lipinski definition) is 4. The largest absolute Gasteiger partial charge is 0.340 e.